The van der Waals surface area contributed by atoms with Crippen LogP contribution in [0.3, 0.4) is 0 Å². The maximum Gasteiger partial charge on any atom is 0.0796 e. The van der Waals surface area contributed by atoms with E-state index in [0.29, 0.717) is 0 Å². The number of hydrogen-bond donors (Lipinski definition) is 0. The van der Waals surface area contributed by atoms with Gasteiger partial charge in [0.15, 0.2) is 0 Å². The molecule has 7 rings (SSSR count). The normalized spacial score (nSPS) is 18.2. The van der Waals surface area contributed by atoms with Gasteiger partial charge in [-0.25, -0.2) is 4.98 Å². The quantitative estimate of drug-likeness (QED) is 0.280. The minimum Gasteiger partial charge on any atom is -0.276 e. The molecular weight excluding hydrogens is 438 g/mol. The summed E-state index contributed by atoms with van der Waals surface area (Å²) in [6.07, 6.45) is 10.4. The molecule has 1 aliphatic heterocycles. The molecule has 2 atom stereocenters. The molecule has 170 valence electrons. The lowest BCUT2D eigenvalue weighted by atomic mass is 9.73. The zero-order valence-corrected chi connectivity index (χ0v) is 19.6. The summed E-state index contributed by atoms with van der Waals surface area (Å²) in [5.41, 5.74) is 10.2. The molecule has 1 aliphatic carbocycles. The molecule has 0 N–H and O–H groups in total. The van der Waals surface area contributed by atoms with Crippen LogP contribution in [0.4, 0.5) is 0 Å². The molecule has 36 heavy (non-hydrogen) atoms. The highest BCUT2D eigenvalue weighted by atomic mass is 14.8. The Morgan fingerprint density at radius 3 is 2.14 bits per heavy atom. The zero-order chi connectivity index (χ0) is 23.9. The average molecular weight is 462 g/mol. The van der Waals surface area contributed by atoms with Crippen LogP contribution in [0, 0.1) is 5.92 Å². The molecule has 0 saturated carbocycles. The first-order valence-electron chi connectivity index (χ1n) is 12.3. The Bertz CT molecular complexity index is 1670. The predicted molar refractivity (Wildman–Crippen MR) is 148 cm³/mol. The molecule has 2 aromatic heterocycles. The molecule has 0 amide bonds. The van der Waals surface area contributed by atoms with Gasteiger partial charge in [-0.05, 0) is 58.7 Å². The van der Waals surface area contributed by atoms with Crippen molar-refractivity contribution in [3.8, 4) is 22.4 Å². The Morgan fingerprint density at radius 2 is 1.39 bits per heavy atom. The molecule has 0 fully saturated rings. The van der Waals surface area contributed by atoms with Gasteiger partial charge in [-0.3, -0.25) is 9.98 Å². The molecule has 1 unspecified atom stereocenters. The molecule has 3 heteroatoms. The second kappa shape index (κ2) is 8.54. The van der Waals surface area contributed by atoms with Crippen molar-refractivity contribution in [1.82, 2.24) is 9.97 Å². The Balaban J connectivity index is 1.36. The fourth-order valence-electron chi connectivity index (χ4n) is 5.19. The SMILES string of the molecule is C1=C[C@@H]2C(c3cc(-c4ccccc4)nc4ccc(-c5ccccc5)cc34)=CC2N=C1c1ccncc1. The van der Waals surface area contributed by atoms with Crippen LogP contribution < -0.4 is 0 Å². The largest absolute Gasteiger partial charge is 0.276 e. The third-order valence-electron chi connectivity index (χ3n) is 7.10. The number of fused-ring (bicyclic) bond motifs is 2. The van der Waals surface area contributed by atoms with Crippen LogP contribution in [0.25, 0.3) is 38.9 Å². The smallest absolute Gasteiger partial charge is 0.0796 e. The minimum absolute atomic E-state index is 0.161. The summed E-state index contributed by atoms with van der Waals surface area (Å²) >= 11 is 0. The number of hydrogen-bond acceptors (Lipinski definition) is 3. The molecule has 5 aromatic rings. The number of dihydropyridines is 1. The molecule has 0 radical (unpaired) electrons. The van der Waals surface area contributed by atoms with Gasteiger partial charge in [0, 0.05) is 34.8 Å². The maximum absolute atomic E-state index is 5.06. The predicted octanol–water partition coefficient (Wildman–Crippen LogP) is 7.40. The number of allylic oxidation sites excluding steroid dienone is 1. The van der Waals surface area contributed by atoms with Crippen LogP contribution in [0.1, 0.15) is 11.1 Å². The minimum atomic E-state index is 0.161. The van der Waals surface area contributed by atoms with E-state index in [2.05, 4.69) is 102 Å². The van der Waals surface area contributed by atoms with Crippen molar-refractivity contribution < 1.29 is 0 Å². The van der Waals surface area contributed by atoms with Gasteiger partial charge in [0.05, 0.1) is 23.0 Å². The first kappa shape index (κ1) is 20.7. The van der Waals surface area contributed by atoms with Gasteiger partial charge in [0.2, 0.25) is 0 Å². The number of aromatic nitrogens is 2. The van der Waals surface area contributed by atoms with Gasteiger partial charge in [-0.15, -0.1) is 0 Å². The summed E-state index contributed by atoms with van der Waals surface area (Å²) in [4.78, 5) is 14.2. The summed E-state index contributed by atoms with van der Waals surface area (Å²) in [6.45, 7) is 0. The number of rotatable bonds is 4. The lowest BCUT2D eigenvalue weighted by Gasteiger charge is -2.35. The van der Waals surface area contributed by atoms with Crippen molar-refractivity contribution in [2.75, 3.05) is 0 Å². The van der Waals surface area contributed by atoms with Gasteiger partial charge in [-0.2, -0.15) is 0 Å². The molecular formula is C33H23N3. The van der Waals surface area contributed by atoms with Crippen molar-refractivity contribution in [2.45, 2.75) is 6.04 Å². The highest BCUT2D eigenvalue weighted by Crippen LogP contribution is 2.44. The average Bonchev–Trinajstić information content (AvgIpc) is 2.94. The van der Waals surface area contributed by atoms with Crippen LogP contribution >= 0.6 is 0 Å². The standard InChI is InChI=1S/C33H23N3/c1-3-7-22(8-4-1)25-11-13-31-29(19-25)28(20-32(36-31)23-9-5-2-6-10-23)27-21-33-26(27)12-14-30(35-33)24-15-17-34-18-16-24/h1-21,26,33H/t26-,33?/m1/s1. The lowest BCUT2D eigenvalue weighted by Crippen LogP contribution is -2.30. The topological polar surface area (TPSA) is 38.1 Å². The van der Waals surface area contributed by atoms with E-state index in [1.807, 2.05) is 30.6 Å². The Labute approximate surface area is 210 Å². The first-order valence-corrected chi connectivity index (χ1v) is 12.3. The third kappa shape index (κ3) is 3.57. The molecule has 0 bridgehead atoms. The van der Waals surface area contributed by atoms with Gasteiger partial charge in [0.1, 0.15) is 0 Å². The third-order valence-corrected chi connectivity index (χ3v) is 7.10. The molecule has 3 heterocycles. The molecule has 2 aliphatic rings. The van der Waals surface area contributed by atoms with Crippen molar-refractivity contribution >= 4 is 22.2 Å². The first-order chi connectivity index (χ1) is 17.8. The Morgan fingerprint density at radius 1 is 0.639 bits per heavy atom. The number of aliphatic imine (C=N–C) groups is 1. The number of pyridine rings is 2. The highest BCUT2D eigenvalue weighted by molar-refractivity contribution is 6.10. The molecule has 3 aromatic carbocycles. The Hall–Kier alpha value is -4.63. The molecule has 3 nitrogen and oxygen atoms in total. The van der Waals surface area contributed by atoms with Gasteiger partial charge in [0.25, 0.3) is 0 Å². The van der Waals surface area contributed by atoms with Crippen molar-refractivity contribution in [3.05, 3.63) is 139 Å². The van der Waals surface area contributed by atoms with E-state index in [9.17, 15) is 0 Å². The van der Waals surface area contributed by atoms with E-state index in [1.165, 1.54) is 27.6 Å². The summed E-state index contributed by atoms with van der Waals surface area (Å²) < 4.78 is 0. The van der Waals surface area contributed by atoms with Crippen LogP contribution in [-0.4, -0.2) is 21.7 Å². The van der Waals surface area contributed by atoms with Crippen LogP contribution in [0.5, 0.6) is 0 Å². The summed E-state index contributed by atoms with van der Waals surface area (Å²) in [7, 11) is 0. The van der Waals surface area contributed by atoms with E-state index in [1.54, 1.807) is 0 Å². The second-order valence-electron chi connectivity index (χ2n) is 9.27. The van der Waals surface area contributed by atoms with Crippen molar-refractivity contribution in [1.29, 1.82) is 0 Å². The van der Waals surface area contributed by atoms with Gasteiger partial charge >= 0.3 is 0 Å². The van der Waals surface area contributed by atoms with E-state index in [0.717, 1.165) is 28.0 Å². The summed E-state index contributed by atoms with van der Waals surface area (Å²) in [5, 5.41) is 1.18. The Kier molecular flexibility index (Phi) is 4.92. The van der Waals surface area contributed by atoms with Crippen LogP contribution in [0.15, 0.2) is 133 Å². The number of benzene rings is 3. The van der Waals surface area contributed by atoms with E-state index >= 15 is 0 Å². The van der Waals surface area contributed by atoms with Crippen LogP contribution in [0.2, 0.25) is 0 Å². The van der Waals surface area contributed by atoms with Gasteiger partial charge < -0.3 is 0 Å². The zero-order valence-electron chi connectivity index (χ0n) is 19.6. The van der Waals surface area contributed by atoms with Crippen molar-refractivity contribution in [2.24, 2.45) is 10.9 Å². The maximum atomic E-state index is 5.06. The van der Waals surface area contributed by atoms with E-state index < -0.39 is 0 Å². The van der Waals surface area contributed by atoms with E-state index in [-0.39, 0.29) is 12.0 Å². The molecule has 0 spiro atoms. The molecule has 0 saturated heterocycles. The second-order valence-corrected chi connectivity index (χ2v) is 9.27. The fraction of sp³-hybridized carbons (Fsp3) is 0.0606. The summed E-state index contributed by atoms with van der Waals surface area (Å²) in [6, 6.07) is 34.0. The van der Waals surface area contributed by atoms with Gasteiger partial charge in [-0.1, -0.05) is 78.9 Å². The lowest BCUT2D eigenvalue weighted by molar-refractivity contribution is 0.651. The fourth-order valence-corrected chi connectivity index (χ4v) is 5.19. The monoisotopic (exact) mass is 461 g/mol. The van der Waals surface area contributed by atoms with Crippen LogP contribution in [-0.2, 0) is 0 Å². The van der Waals surface area contributed by atoms with E-state index in [4.69, 9.17) is 9.98 Å². The summed E-state index contributed by atoms with van der Waals surface area (Å²) in [5.74, 6) is 0.269. The number of nitrogens with zero attached hydrogens (tertiary/aromatic N) is 3. The van der Waals surface area contributed by atoms with Crippen molar-refractivity contribution in [3.63, 3.8) is 0 Å². The highest BCUT2D eigenvalue weighted by Gasteiger charge is 2.34.